The van der Waals surface area contributed by atoms with E-state index in [-0.39, 0.29) is 13.3 Å². The van der Waals surface area contributed by atoms with Crippen LogP contribution in [0.15, 0.2) is 65.1 Å². The molecule has 0 spiro atoms. The molecule has 0 unspecified atom stereocenters. The summed E-state index contributed by atoms with van der Waals surface area (Å²) in [5, 5.41) is 3.93. The first kappa shape index (κ1) is 22.1. The Morgan fingerprint density at radius 1 is 0.900 bits per heavy atom. The molecule has 5 nitrogen and oxygen atoms in total. The van der Waals surface area contributed by atoms with Gasteiger partial charge in [-0.2, -0.15) is 0 Å². The van der Waals surface area contributed by atoms with Gasteiger partial charge >= 0.3 is 0 Å². The molecule has 0 atom stereocenters. The minimum absolute atomic E-state index is 0. The lowest BCUT2D eigenvalue weighted by Gasteiger charge is -2.34. The minimum atomic E-state index is -0.129. The van der Waals surface area contributed by atoms with Crippen molar-refractivity contribution >= 4 is 16.9 Å². The molecule has 30 heavy (non-hydrogen) atoms. The molecule has 0 aliphatic carbocycles. The van der Waals surface area contributed by atoms with Crippen LogP contribution in [0.5, 0.6) is 0 Å². The number of rotatable bonds is 8. The van der Waals surface area contributed by atoms with Crippen molar-refractivity contribution in [2.45, 2.75) is 26.8 Å². The van der Waals surface area contributed by atoms with Gasteiger partial charge in [0.05, 0.1) is 0 Å². The van der Waals surface area contributed by atoms with E-state index in [4.69, 9.17) is 4.42 Å². The van der Waals surface area contributed by atoms with Crippen LogP contribution in [0.3, 0.4) is 0 Å². The third kappa shape index (κ3) is 5.94. The zero-order valence-electron chi connectivity index (χ0n) is 16.8. The van der Waals surface area contributed by atoms with Gasteiger partial charge < -0.3 is 14.6 Å². The summed E-state index contributed by atoms with van der Waals surface area (Å²) < 4.78 is 5.61. The Morgan fingerprint density at radius 2 is 1.60 bits per heavy atom. The topological polar surface area (TPSA) is 48.7 Å². The predicted octanol–water partition coefficient (Wildman–Crippen LogP) is 4.40. The number of hydrogen-bond acceptors (Lipinski definition) is 4. The highest BCUT2D eigenvalue weighted by atomic mass is 16.3. The third-order valence-electron chi connectivity index (χ3n) is 5.55. The molecule has 0 saturated carbocycles. The number of para-hydroxylation sites is 1. The predicted molar refractivity (Wildman–Crippen MR) is 123 cm³/mol. The Labute approximate surface area is 179 Å². The fraction of sp³-hybridized carbons (Fsp3) is 0.400. The van der Waals surface area contributed by atoms with Gasteiger partial charge in [0.2, 0.25) is 0 Å². The SMILES string of the molecule is C.O=C(NCCCCN1CCN(Cc2ccccc2)CC1)c1cc2ccccc2o1. The van der Waals surface area contributed by atoms with E-state index >= 15 is 0 Å². The first-order valence-corrected chi connectivity index (χ1v) is 10.5. The zero-order valence-corrected chi connectivity index (χ0v) is 16.8. The average Bonchev–Trinajstić information content (AvgIpc) is 3.20. The summed E-state index contributed by atoms with van der Waals surface area (Å²) in [6.45, 7) is 7.32. The molecule has 4 rings (SSSR count). The summed E-state index contributed by atoms with van der Waals surface area (Å²) in [5.74, 6) is 0.261. The summed E-state index contributed by atoms with van der Waals surface area (Å²) >= 11 is 0. The molecule has 0 bridgehead atoms. The smallest absolute Gasteiger partial charge is 0.287 e. The van der Waals surface area contributed by atoms with Gasteiger partial charge in [-0.25, -0.2) is 0 Å². The van der Waals surface area contributed by atoms with Gasteiger partial charge in [-0.15, -0.1) is 0 Å². The van der Waals surface area contributed by atoms with Gasteiger partial charge in [-0.3, -0.25) is 9.69 Å². The van der Waals surface area contributed by atoms with E-state index in [0.29, 0.717) is 12.3 Å². The number of nitrogens with zero attached hydrogens (tertiary/aromatic N) is 2. The van der Waals surface area contributed by atoms with E-state index < -0.39 is 0 Å². The third-order valence-corrected chi connectivity index (χ3v) is 5.55. The number of nitrogens with one attached hydrogen (secondary N) is 1. The second-order valence-corrected chi connectivity index (χ2v) is 7.71. The van der Waals surface area contributed by atoms with Crippen molar-refractivity contribution < 1.29 is 9.21 Å². The monoisotopic (exact) mass is 407 g/mol. The van der Waals surface area contributed by atoms with Gasteiger partial charge in [0, 0.05) is 44.7 Å². The molecule has 1 aliphatic rings. The molecule has 2 heterocycles. The summed E-state index contributed by atoms with van der Waals surface area (Å²) in [6.07, 6.45) is 2.08. The van der Waals surface area contributed by atoms with Crippen molar-refractivity contribution in [3.05, 3.63) is 72.0 Å². The first-order valence-electron chi connectivity index (χ1n) is 10.5. The maximum absolute atomic E-state index is 12.2. The lowest BCUT2D eigenvalue weighted by Crippen LogP contribution is -2.46. The second-order valence-electron chi connectivity index (χ2n) is 7.71. The number of furan rings is 1. The number of amides is 1. The number of carbonyl (C=O) groups excluding carboxylic acids is 1. The van der Waals surface area contributed by atoms with Gasteiger partial charge in [0.1, 0.15) is 5.58 Å². The van der Waals surface area contributed by atoms with Gasteiger partial charge in [0.25, 0.3) is 5.91 Å². The highest BCUT2D eigenvalue weighted by Gasteiger charge is 2.16. The number of carbonyl (C=O) groups is 1. The summed E-state index contributed by atoms with van der Waals surface area (Å²) in [6, 6.07) is 20.2. The molecule has 1 N–H and O–H groups in total. The largest absolute Gasteiger partial charge is 0.451 e. The molecular weight excluding hydrogens is 374 g/mol. The molecule has 160 valence electrons. The number of benzene rings is 2. The molecule has 1 amide bonds. The minimum Gasteiger partial charge on any atom is -0.451 e. The Bertz CT molecular complexity index is 881. The number of fused-ring (bicyclic) bond motifs is 1. The first-order chi connectivity index (χ1) is 14.3. The van der Waals surface area contributed by atoms with Crippen LogP contribution in [-0.2, 0) is 6.54 Å². The quantitative estimate of drug-likeness (QED) is 0.563. The molecule has 1 aromatic heterocycles. The second kappa shape index (κ2) is 11.0. The Hall–Kier alpha value is -2.63. The highest BCUT2D eigenvalue weighted by Crippen LogP contribution is 2.18. The van der Waals surface area contributed by atoms with E-state index in [1.165, 1.54) is 5.56 Å². The lowest BCUT2D eigenvalue weighted by atomic mass is 10.2. The van der Waals surface area contributed by atoms with Crippen LogP contribution in [0.1, 0.15) is 36.4 Å². The van der Waals surface area contributed by atoms with E-state index in [1.54, 1.807) is 6.07 Å². The fourth-order valence-electron chi connectivity index (χ4n) is 3.86. The molecular formula is C25H33N3O2. The maximum Gasteiger partial charge on any atom is 0.287 e. The lowest BCUT2D eigenvalue weighted by molar-refractivity contribution is 0.0925. The number of unbranched alkanes of at least 4 members (excludes halogenated alkanes) is 1. The fourth-order valence-corrected chi connectivity index (χ4v) is 3.86. The van der Waals surface area contributed by atoms with Crippen molar-refractivity contribution in [3.8, 4) is 0 Å². The van der Waals surface area contributed by atoms with Crippen molar-refractivity contribution in [2.24, 2.45) is 0 Å². The summed E-state index contributed by atoms with van der Waals surface area (Å²) in [7, 11) is 0. The van der Waals surface area contributed by atoms with E-state index in [0.717, 1.165) is 63.1 Å². The molecule has 5 heteroatoms. The normalized spacial score (nSPS) is 15.1. The van der Waals surface area contributed by atoms with Crippen LogP contribution in [-0.4, -0.2) is 55.0 Å². The van der Waals surface area contributed by atoms with Gasteiger partial charge in [-0.05, 0) is 37.1 Å². The average molecular weight is 408 g/mol. The summed E-state index contributed by atoms with van der Waals surface area (Å²) in [5.41, 5.74) is 2.14. The van der Waals surface area contributed by atoms with Crippen molar-refractivity contribution in [1.82, 2.24) is 15.1 Å². The van der Waals surface area contributed by atoms with Crippen LogP contribution in [0, 0.1) is 0 Å². The van der Waals surface area contributed by atoms with Crippen LogP contribution < -0.4 is 5.32 Å². The van der Waals surface area contributed by atoms with Crippen LogP contribution in [0.25, 0.3) is 11.0 Å². The molecule has 2 aromatic carbocycles. The van der Waals surface area contributed by atoms with Crippen LogP contribution in [0.4, 0.5) is 0 Å². The Morgan fingerprint density at radius 3 is 2.37 bits per heavy atom. The molecule has 3 aromatic rings. The van der Waals surface area contributed by atoms with Crippen molar-refractivity contribution in [1.29, 1.82) is 0 Å². The molecule has 1 fully saturated rings. The van der Waals surface area contributed by atoms with E-state index in [2.05, 4.69) is 45.4 Å². The number of piperazine rings is 1. The highest BCUT2D eigenvalue weighted by molar-refractivity contribution is 5.95. The number of hydrogen-bond donors (Lipinski definition) is 1. The Kier molecular flexibility index (Phi) is 8.05. The van der Waals surface area contributed by atoms with Gasteiger partial charge in [-0.1, -0.05) is 56.0 Å². The van der Waals surface area contributed by atoms with Crippen molar-refractivity contribution in [3.63, 3.8) is 0 Å². The van der Waals surface area contributed by atoms with E-state index in [1.807, 2.05) is 24.3 Å². The van der Waals surface area contributed by atoms with Crippen LogP contribution in [0.2, 0.25) is 0 Å². The van der Waals surface area contributed by atoms with Crippen LogP contribution >= 0.6 is 0 Å². The standard InChI is InChI=1S/C24H29N3O2.CH4/c28-24(23-18-21-10-4-5-11-22(21)29-23)25-12-6-7-13-26-14-16-27(17-15-26)19-20-8-2-1-3-9-20;/h1-5,8-11,18H,6-7,12-17,19H2,(H,25,28);1H4. The van der Waals surface area contributed by atoms with E-state index in [9.17, 15) is 4.79 Å². The van der Waals surface area contributed by atoms with Gasteiger partial charge in [0.15, 0.2) is 5.76 Å². The van der Waals surface area contributed by atoms with Crippen molar-refractivity contribution in [2.75, 3.05) is 39.3 Å². The molecule has 0 radical (unpaired) electrons. The summed E-state index contributed by atoms with van der Waals surface area (Å²) in [4.78, 5) is 17.3. The molecule has 1 saturated heterocycles. The zero-order chi connectivity index (χ0) is 19.9. The maximum atomic E-state index is 12.2. The molecule has 1 aliphatic heterocycles. The Balaban J connectivity index is 0.00000256.